The Morgan fingerprint density at radius 3 is 2.85 bits per heavy atom. The molecule has 1 aliphatic rings. The second kappa shape index (κ2) is 7.41. The smallest absolute Gasteiger partial charge is 0.123 e. The Hall–Kier alpha value is -1.38. The lowest BCUT2D eigenvalue weighted by molar-refractivity contribution is 0.317. The van der Waals surface area contributed by atoms with Crippen molar-refractivity contribution in [2.24, 2.45) is 5.92 Å². The molecule has 3 nitrogen and oxygen atoms in total. The molecular weight excluding hydrogens is 248 g/mol. The Kier molecular flexibility index (Phi) is 5.57. The van der Waals surface area contributed by atoms with Crippen molar-refractivity contribution in [3.05, 3.63) is 18.2 Å². The molecule has 1 aliphatic carbocycles. The van der Waals surface area contributed by atoms with Crippen LogP contribution in [0.2, 0.25) is 0 Å². The summed E-state index contributed by atoms with van der Waals surface area (Å²) in [5, 5.41) is 3.64. The number of nitrogens with one attached hydrogen (secondary N) is 1. The molecule has 112 valence electrons. The van der Waals surface area contributed by atoms with Crippen molar-refractivity contribution in [1.29, 1.82) is 0 Å². The minimum absolute atomic E-state index is 0.578. The first-order chi connectivity index (χ1) is 9.71. The van der Waals surface area contributed by atoms with Crippen LogP contribution in [0, 0.1) is 5.92 Å². The lowest BCUT2D eigenvalue weighted by Gasteiger charge is -2.30. The van der Waals surface area contributed by atoms with Gasteiger partial charge in [0.25, 0.3) is 0 Å². The van der Waals surface area contributed by atoms with Crippen molar-refractivity contribution < 1.29 is 4.74 Å². The van der Waals surface area contributed by atoms with Crippen LogP contribution in [0.1, 0.15) is 52.4 Å². The van der Waals surface area contributed by atoms with Gasteiger partial charge in [0.1, 0.15) is 5.75 Å². The number of nitrogens with two attached hydrogens (primary N) is 1. The molecule has 0 radical (unpaired) electrons. The van der Waals surface area contributed by atoms with Crippen LogP contribution in [-0.2, 0) is 0 Å². The summed E-state index contributed by atoms with van der Waals surface area (Å²) in [5.41, 5.74) is 7.83. The van der Waals surface area contributed by atoms with E-state index in [0.717, 1.165) is 36.1 Å². The average Bonchev–Trinajstić information content (AvgIpc) is 2.44. The highest BCUT2D eigenvalue weighted by Gasteiger charge is 2.20. The molecule has 1 fully saturated rings. The molecular formula is C17H28N2O. The number of ether oxygens (including phenoxy) is 1. The third-order valence-corrected chi connectivity index (χ3v) is 4.13. The van der Waals surface area contributed by atoms with Crippen LogP contribution in [0.25, 0.3) is 0 Å². The van der Waals surface area contributed by atoms with Gasteiger partial charge in [-0.05, 0) is 31.2 Å². The number of benzene rings is 1. The van der Waals surface area contributed by atoms with E-state index in [1.807, 2.05) is 12.1 Å². The highest BCUT2D eigenvalue weighted by atomic mass is 16.5. The first-order valence-corrected chi connectivity index (χ1v) is 8.01. The summed E-state index contributed by atoms with van der Waals surface area (Å²) in [4.78, 5) is 0. The maximum atomic E-state index is 5.97. The van der Waals surface area contributed by atoms with Gasteiger partial charge >= 0.3 is 0 Å². The Labute approximate surface area is 122 Å². The zero-order valence-electron chi connectivity index (χ0n) is 12.8. The summed E-state index contributed by atoms with van der Waals surface area (Å²) in [6.07, 6.45) is 7.55. The Morgan fingerprint density at radius 2 is 2.10 bits per heavy atom. The first-order valence-electron chi connectivity index (χ1n) is 8.01. The molecule has 0 saturated heterocycles. The molecule has 0 aliphatic heterocycles. The molecule has 2 atom stereocenters. The summed E-state index contributed by atoms with van der Waals surface area (Å²) >= 11 is 0. The molecule has 1 aromatic carbocycles. The van der Waals surface area contributed by atoms with E-state index in [-0.39, 0.29) is 0 Å². The van der Waals surface area contributed by atoms with Gasteiger partial charge in [-0.3, -0.25) is 0 Å². The first kappa shape index (κ1) is 15.0. The van der Waals surface area contributed by atoms with Crippen LogP contribution >= 0.6 is 0 Å². The number of anilines is 2. The van der Waals surface area contributed by atoms with E-state index in [0.29, 0.717) is 6.04 Å². The average molecular weight is 276 g/mol. The van der Waals surface area contributed by atoms with Crippen molar-refractivity contribution in [2.75, 3.05) is 17.7 Å². The fourth-order valence-electron chi connectivity index (χ4n) is 3.04. The van der Waals surface area contributed by atoms with Gasteiger partial charge in [-0.1, -0.05) is 33.1 Å². The van der Waals surface area contributed by atoms with Gasteiger partial charge in [-0.15, -0.1) is 0 Å². The molecule has 3 heteroatoms. The summed E-state index contributed by atoms with van der Waals surface area (Å²) in [6.45, 7) is 5.15. The third kappa shape index (κ3) is 4.32. The number of hydrogen-bond acceptors (Lipinski definition) is 3. The van der Waals surface area contributed by atoms with E-state index < -0.39 is 0 Å². The van der Waals surface area contributed by atoms with Gasteiger partial charge in [0.15, 0.2) is 0 Å². The molecule has 0 spiro atoms. The monoisotopic (exact) mass is 276 g/mol. The SMILES string of the molecule is CCCOc1cc(N)cc(NC2CCCC(CC)C2)c1. The van der Waals surface area contributed by atoms with Crippen LogP contribution in [0.3, 0.4) is 0 Å². The molecule has 1 aromatic rings. The van der Waals surface area contributed by atoms with Gasteiger partial charge in [-0.25, -0.2) is 0 Å². The predicted molar refractivity (Wildman–Crippen MR) is 86.3 cm³/mol. The van der Waals surface area contributed by atoms with Crippen LogP contribution in [-0.4, -0.2) is 12.6 Å². The summed E-state index contributed by atoms with van der Waals surface area (Å²) < 4.78 is 5.69. The maximum Gasteiger partial charge on any atom is 0.123 e. The molecule has 0 aromatic heterocycles. The van der Waals surface area contributed by atoms with E-state index >= 15 is 0 Å². The second-order valence-electron chi connectivity index (χ2n) is 5.92. The Bertz CT molecular complexity index is 419. The molecule has 2 unspecified atom stereocenters. The minimum atomic E-state index is 0.578. The molecule has 1 saturated carbocycles. The van der Waals surface area contributed by atoms with E-state index in [1.165, 1.54) is 32.1 Å². The number of nitrogen functional groups attached to an aromatic ring is 1. The predicted octanol–water partition coefficient (Wildman–Crippen LogP) is 4.44. The van der Waals surface area contributed by atoms with E-state index in [4.69, 9.17) is 10.5 Å². The van der Waals surface area contributed by atoms with Gasteiger partial charge < -0.3 is 15.8 Å². The quantitative estimate of drug-likeness (QED) is 0.755. The van der Waals surface area contributed by atoms with Crippen LogP contribution < -0.4 is 15.8 Å². The Balaban J connectivity index is 1.99. The van der Waals surface area contributed by atoms with Crippen molar-refractivity contribution in [3.63, 3.8) is 0 Å². The lowest BCUT2D eigenvalue weighted by atomic mass is 9.84. The van der Waals surface area contributed by atoms with Crippen molar-refractivity contribution in [1.82, 2.24) is 0 Å². The number of rotatable bonds is 6. The number of hydrogen-bond donors (Lipinski definition) is 2. The van der Waals surface area contributed by atoms with Gasteiger partial charge in [0.2, 0.25) is 0 Å². The fourth-order valence-corrected chi connectivity index (χ4v) is 3.04. The fraction of sp³-hybridized carbons (Fsp3) is 0.647. The minimum Gasteiger partial charge on any atom is -0.493 e. The molecule has 0 heterocycles. The largest absolute Gasteiger partial charge is 0.493 e. The second-order valence-corrected chi connectivity index (χ2v) is 5.92. The van der Waals surface area contributed by atoms with Crippen LogP contribution in [0.5, 0.6) is 5.75 Å². The van der Waals surface area contributed by atoms with Crippen molar-refractivity contribution in [3.8, 4) is 5.75 Å². The van der Waals surface area contributed by atoms with Gasteiger partial charge in [-0.2, -0.15) is 0 Å². The maximum absolute atomic E-state index is 5.97. The lowest BCUT2D eigenvalue weighted by Crippen LogP contribution is -2.27. The summed E-state index contributed by atoms with van der Waals surface area (Å²) in [5.74, 6) is 1.75. The Morgan fingerprint density at radius 1 is 1.25 bits per heavy atom. The van der Waals surface area contributed by atoms with Crippen LogP contribution in [0.4, 0.5) is 11.4 Å². The summed E-state index contributed by atoms with van der Waals surface area (Å²) in [6, 6.07) is 6.56. The highest BCUT2D eigenvalue weighted by Crippen LogP contribution is 2.30. The van der Waals surface area contributed by atoms with E-state index in [2.05, 4.69) is 25.2 Å². The van der Waals surface area contributed by atoms with E-state index in [1.54, 1.807) is 0 Å². The van der Waals surface area contributed by atoms with Crippen molar-refractivity contribution in [2.45, 2.75) is 58.4 Å². The highest BCUT2D eigenvalue weighted by molar-refractivity contribution is 5.59. The molecule has 2 rings (SSSR count). The molecule has 20 heavy (non-hydrogen) atoms. The van der Waals surface area contributed by atoms with Gasteiger partial charge in [0, 0.05) is 29.5 Å². The standard InChI is InChI=1S/C17H28N2O/c1-3-8-20-17-11-14(18)10-16(12-17)19-15-7-5-6-13(4-2)9-15/h10-13,15,19H,3-9,18H2,1-2H3. The van der Waals surface area contributed by atoms with Crippen LogP contribution in [0.15, 0.2) is 18.2 Å². The topological polar surface area (TPSA) is 47.3 Å². The zero-order chi connectivity index (χ0) is 14.4. The molecule has 3 N–H and O–H groups in total. The third-order valence-electron chi connectivity index (χ3n) is 4.13. The van der Waals surface area contributed by atoms with E-state index in [9.17, 15) is 0 Å². The van der Waals surface area contributed by atoms with Gasteiger partial charge in [0.05, 0.1) is 6.61 Å². The van der Waals surface area contributed by atoms with Crippen molar-refractivity contribution >= 4 is 11.4 Å². The normalized spacial score (nSPS) is 22.5. The molecule has 0 amide bonds. The summed E-state index contributed by atoms with van der Waals surface area (Å²) in [7, 11) is 0. The zero-order valence-corrected chi connectivity index (χ0v) is 12.8. The molecule has 0 bridgehead atoms.